The van der Waals surface area contributed by atoms with Crippen LogP contribution in [-0.2, 0) is 4.74 Å². The molecule has 0 aliphatic heterocycles. The lowest BCUT2D eigenvalue weighted by Gasteiger charge is -2.21. The number of ether oxygens (including phenoxy) is 1. The van der Waals surface area contributed by atoms with Crippen molar-refractivity contribution in [3.8, 4) is 0 Å². The maximum atomic E-state index is 12.0. The highest BCUT2D eigenvalue weighted by atomic mass is 16.5. The number of hydrogen-bond donors (Lipinski definition) is 2. The van der Waals surface area contributed by atoms with Crippen molar-refractivity contribution in [1.29, 1.82) is 0 Å². The molecule has 0 aromatic heterocycles. The molecule has 1 aromatic rings. The van der Waals surface area contributed by atoms with Gasteiger partial charge in [0.05, 0.1) is 12.7 Å². The number of aliphatic hydroxyl groups is 1. The molecule has 0 aliphatic carbocycles. The average Bonchev–Trinajstić information content (AvgIpc) is 2.49. The number of hydrogen-bond acceptors (Lipinski definition) is 4. The van der Waals surface area contributed by atoms with E-state index in [4.69, 9.17) is 4.74 Å². The van der Waals surface area contributed by atoms with Crippen molar-refractivity contribution in [3.05, 3.63) is 29.8 Å². The van der Waals surface area contributed by atoms with Crippen LogP contribution in [0.4, 0.5) is 5.69 Å². The molecule has 0 fully saturated rings. The van der Waals surface area contributed by atoms with Crippen LogP contribution in [0.25, 0.3) is 0 Å². The van der Waals surface area contributed by atoms with Gasteiger partial charge in [0.1, 0.15) is 0 Å². The number of anilines is 1. The number of nitrogens with zero attached hydrogens (tertiary/aromatic N) is 1. The maximum Gasteiger partial charge on any atom is 0.251 e. The van der Waals surface area contributed by atoms with Gasteiger partial charge in [0.25, 0.3) is 5.91 Å². The maximum absolute atomic E-state index is 12.0. The van der Waals surface area contributed by atoms with Gasteiger partial charge in [-0.25, -0.2) is 0 Å². The third-order valence-electron chi connectivity index (χ3n) is 3.38. The van der Waals surface area contributed by atoms with Crippen molar-refractivity contribution in [2.24, 2.45) is 0 Å². The van der Waals surface area contributed by atoms with E-state index in [-0.39, 0.29) is 12.5 Å². The normalized spacial score (nSPS) is 12.0. The Labute approximate surface area is 126 Å². The second kappa shape index (κ2) is 9.37. The van der Waals surface area contributed by atoms with Gasteiger partial charge >= 0.3 is 0 Å². The monoisotopic (exact) mass is 294 g/mol. The third-order valence-corrected chi connectivity index (χ3v) is 3.38. The van der Waals surface area contributed by atoms with Gasteiger partial charge in [-0.1, -0.05) is 0 Å². The van der Waals surface area contributed by atoms with E-state index >= 15 is 0 Å². The molecular formula is C16H26N2O3. The Balaban J connectivity index is 2.48. The Kier molecular flexibility index (Phi) is 7.79. The van der Waals surface area contributed by atoms with Crippen LogP contribution < -0.4 is 10.2 Å². The van der Waals surface area contributed by atoms with E-state index in [1.807, 2.05) is 24.3 Å². The molecule has 1 aromatic carbocycles. The van der Waals surface area contributed by atoms with E-state index in [9.17, 15) is 9.90 Å². The molecule has 0 aliphatic rings. The zero-order chi connectivity index (χ0) is 15.7. The zero-order valence-corrected chi connectivity index (χ0v) is 13.1. The van der Waals surface area contributed by atoms with Crippen molar-refractivity contribution in [2.45, 2.75) is 26.4 Å². The minimum Gasteiger partial charge on any atom is -0.391 e. The largest absolute Gasteiger partial charge is 0.391 e. The standard InChI is InChI=1S/C16H26N2O3/c1-4-18(5-2)14-8-6-13(7-9-14)16(20)17-11-10-15(19)12-21-3/h6-9,15,19H,4-5,10-12H2,1-3H3,(H,17,20). The van der Waals surface area contributed by atoms with Crippen LogP contribution in [-0.4, -0.2) is 50.5 Å². The first-order chi connectivity index (χ1) is 10.1. The smallest absolute Gasteiger partial charge is 0.251 e. The molecule has 5 nitrogen and oxygen atoms in total. The van der Waals surface area contributed by atoms with Gasteiger partial charge in [0.15, 0.2) is 0 Å². The summed E-state index contributed by atoms with van der Waals surface area (Å²) in [5.74, 6) is -0.120. The van der Waals surface area contributed by atoms with Crippen LogP contribution in [0.3, 0.4) is 0 Å². The number of amides is 1. The number of carbonyl (C=O) groups excluding carboxylic acids is 1. The van der Waals surface area contributed by atoms with Crippen LogP contribution in [0.2, 0.25) is 0 Å². The molecule has 2 N–H and O–H groups in total. The van der Waals surface area contributed by atoms with Gasteiger partial charge in [-0.2, -0.15) is 0 Å². The van der Waals surface area contributed by atoms with Crippen molar-refractivity contribution < 1.29 is 14.6 Å². The fourth-order valence-corrected chi connectivity index (χ4v) is 2.14. The van der Waals surface area contributed by atoms with E-state index in [2.05, 4.69) is 24.1 Å². The topological polar surface area (TPSA) is 61.8 Å². The molecule has 0 bridgehead atoms. The van der Waals surface area contributed by atoms with Gasteiger partial charge in [-0.15, -0.1) is 0 Å². The lowest BCUT2D eigenvalue weighted by molar-refractivity contribution is 0.0587. The van der Waals surface area contributed by atoms with Crippen LogP contribution >= 0.6 is 0 Å². The highest BCUT2D eigenvalue weighted by molar-refractivity contribution is 5.94. The fourth-order valence-electron chi connectivity index (χ4n) is 2.14. The summed E-state index contributed by atoms with van der Waals surface area (Å²) < 4.78 is 4.84. The van der Waals surface area contributed by atoms with Gasteiger partial charge < -0.3 is 20.1 Å². The number of rotatable bonds is 9. The van der Waals surface area contributed by atoms with Crippen LogP contribution in [0.15, 0.2) is 24.3 Å². The molecule has 0 saturated carbocycles. The number of methoxy groups -OCH3 is 1. The molecule has 1 rings (SSSR count). The van der Waals surface area contributed by atoms with Crippen molar-refractivity contribution >= 4 is 11.6 Å². The summed E-state index contributed by atoms with van der Waals surface area (Å²) in [5, 5.41) is 12.3. The zero-order valence-electron chi connectivity index (χ0n) is 13.1. The molecule has 0 spiro atoms. The summed E-state index contributed by atoms with van der Waals surface area (Å²) in [6.07, 6.45) is -0.0581. The van der Waals surface area contributed by atoms with Gasteiger partial charge in [0, 0.05) is 38.0 Å². The highest BCUT2D eigenvalue weighted by Crippen LogP contribution is 2.14. The predicted molar refractivity (Wildman–Crippen MR) is 84.8 cm³/mol. The summed E-state index contributed by atoms with van der Waals surface area (Å²) in [6, 6.07) is 7.58. The highest BCUT2D eigenvalue weighted by Gasteiger charge is 2.08. The van der Waals surface area contributed by atoms with E-state index in [0.717, 1.165) is 18.8 Å². The lowest BCUT2D eigenvalue weighted by Crippen LogP contribution is -2.28. The first-order valence-electron chi connectivity index (χ1n) is 7.42. The second-order valence-electron chi connectivity index (χ2n) is 4.87. The van der Waals surface area contributed by atoms with Gasteiger partial charge in [-0.05, 0) is 44.5 Å². The van der Waals surface area contributed by atoms with E-state index in [0.29, 0.717) is 18.5 Å². The summed E-state index contributed by atoms with van der Waals surface area (Å²) in [4.78, 5) is 14.2. The quantitative estimate of drug-likeness (QED) is 0.727. The Morgan fingerprint density at radius 1 is 1.29 bits per heavy atom. The van der Waals surface area contributed by atoms with Gasteiger partial charge in [-0.3, -0.25) is 4.79 Å². The van der Waals surface area contributed by atoms with E-state index in [1.54, 1.807) is 7.11 Å². The molecule has 0 heterocycles. The van der Waals surface area contributed by atoms with Crippen LogP contribution in [0, 0.1) is 0 Å². The molecule has 1 atom stereocenters. The van der Waals surface area contributed by atoms with E-state index < -0.39 is 6.10 Å². The van der Waals surface area contributed by atoms with Gasteiger partial charge in [0.2, 0.25) is 0 Å². The SMILES string of the molecule is CCN(CC)c1ccc(C(=O)NCCC(O)COC)cc1. The predicted octanol–water partition coefficient (Wildman–Crippen LogP) is 1.66. The summed E-state index contributed by atoms with van der Waals surface area (Å²) in [6.45, 7) is 6.82. The van der Waals surface area contributed by atoms with Crippen molar-refractivity contribution in [2.75, 3.05) is 38.3 Å². The molecule has 118 valence electrons. The van der Waals surface area contributed by atoms with Crippen molar-refractivity contribution in [1.82, 2.24) is 5.32 Å². The molecule has 5 heteroatoms. The number of aliphatic hydroxyl groups excluding tert-OH is 1. The molecule has 0 saturated heterocycles. The van der Waals surface area contributed by atoms with Crippen molar-refractivity contribution in [3.63, 3.8) is 0 Å². The number of benzene rings is 1. The Bertz CT molecular complexity index is 416. The van der Waals surface area contributed by atoms with Crippen LogP contribution in [0.1, 0.15) is 30.6 Å². The number of carbonyl (C=O) groups is 1. The second-order valence-corrected chi connectivity index (χ2v) is 4.87. The lowest BCUT2D eigenvalue weighted by atomic mass is 10.1. The Morgan fingerprint density at radius 2 is 1.90 bits per heavy atom. The minimum atomic E-state index is -0.541. The first kappa shape index (κ1) is 17.5. The summed E-state index contributed by atoms with van der Waals surface area (Å²) in [7, 11) is 1.54. The first-order valence-corrected chi connectivity index (χ1v) is 7.42. The fraction of sp³-hybridized carbons (Fsp3) is 0.562. The molecule has 0 radical (unpaired) electrons. The average molecular weight is 294 g/mol. The Hall–Kier alpha value is -1.59. The third kappa shape index (κ3) is 5.73. The summed E-state index contributed by atoms with van der Waals surface area (Å²) >= 11 is 0. The minimum absolute atomic E-state index is 0.120. The molecular weight excluding hydrogens is 268 g/mol. The number of nitrogens with one attached hydrogen (secondary N) is 1. The van der Waals surface area contributed by atoms with E-state index in [1.165, 1.54) is 0 Å². The molecule has 1 amide bonds. The Morgan fingerprint density at radius 3 is 2.43 bits per heavy atom. The van der Waals surface area contributed by atoms with Crippen LogP contribution in [0.5, 0.6) is 0 Å². The molecule has 1 unspecified atom stereocenters. The molecule has 21 heavy (non-hydrogen) atoms. The summed E-state index contributed by atoms with van der Waals surface area (Å²) in [5.41, 5.74) is 1.75.